The van der Waals surface area contributed by atoms with E-state index in [-0.39, 0.29) is 18.3 Å². The number of fused-ring (bicyclic) bond motifs is 1. The van der Waals surface area contributed by atoms with Crippen molar-refractivity contribution in [1.82, 2.24) is 20.4 Å². The van der Waals surface area contributed by atoms with Gasteiger partial charge in [0.25, 0.3) is 11.8 Å². The molecule has 0 bridgehead atoms. The van der Waals surface area contributed by atoms with Crippen molar-refractivity contribution >= 4 is 28.9 Å². The molecule has 0 aliphatic carbocycles. The first-order chi connectivity index (χ1) is 14.1. The predicted octanol–water partition coefficient (Wildman–Crippen LogP) is 3.38. The lowest BCUT2D eigenvalue weighted by molar-refractivity contribution is -0.127. The van der Waals surface area contributed by atoms with Crippen molar-refractivity contribution in [1.29, 1.82) is 0 Å². The van der Waals surface area contributed by atoms with Gasteiger partial charge < -0.3 is 4.57 Å². The molecule has 2 amide bonds. The molecule has 3 aromatic rings. The number of hydrogen-bond acceptors (Lipinski definition) is 3. The molecule has 0 aliphatic rings. The Morgan fingerprint density at radius 2 is 1.97 bits per heavy atom. The number of halogens is 1. The topological polar surface area (TPSA) is 76.0 Å². The minimum atomic E-state index is -0.510. The van der Waals surface area contributed by atoms with E-state index in [1.54, 1.807) is 12.1 Å². The molecule has 1 aromatic heterocycles. The van der Waals surface area contributed by atoms with Gasteiger partial charge in [0.15, 0.2) is 0 Å². The number of unbranched alkanes of at least 4 members (excludes halogenated alkanes) is 1. The second-order valence-corrected chi connectivity index (χ2v) is 6.63. The summed E-state index contributed by atoms with van der Waals surface area (Å²) in [7, 11) is 0. The number of carbonyl (C=O) groups is 2. The van der Waals surface area contributed by atoms with E-state index in [0.29, 0.717) is 5.56 Å². The molecule has 2 N–H and O–H groups in total. The van der Waals surface area contributed by atoms with Gasteiger partial charge >= 0.3 is 0 Å². The summed E-state index contributed by atoms with van der Waals surface area (Å²) in [5.74, 6) is -0.407. The molecule has 0 saturated carbocycles. The van der Waals surface area contributed by atoms with Crippen LogP contribution < -0.4 is 10.9 Å². The van der Waals surface area contributed by atoms with Gasteiger partial charge in [-0.2, -0.15) is 0 Å². The number of aromatic nitrogens is 2. The zero-order chi connectivity index (χ0) is 20.6. The smallest absolute Gasteiger partial charge is 0.262 e. The molecule has 0 spiro atoms. The van der Waals surface area contributed by atoms with Crippen LogP contribution in [0.2, 0.25) is 0 Å². The zero-order valence-electron chi connectivity index (χ0n) is 16.2. The van der Waals surface area contributed by atoms with Crippen molar-refractivity contribution in [3.63, 3.8) is 0 Å². The van der Waals surface area contributed by atoms with Crippen LogP contribution in [-0.4, -0.2) is 21.4 Å². The molecule has 3 rings (SSSR count). The number of hydrazine groups is 1. The first kappa shape index (κ1) is 20.3. The van der Waals surface area contributed by atoms with Crippen molar-refractivity contribution < 1.29 is 14.0 Å². The van der Waals surface area contributed by atoms with E-state index in [0.717, 1.165) is 36.1 Å². The molecule has 2 aromatic carbocycles. The zero-order valence-corrected chi connectivity index (χ0v) is 16.2. The quantitative estimate of drug-likeness (QED) is 0.476. The van der Waals surface area contributed by atoms with Gasteiger partial charge in [0.2, 0.25) is 0 Å². The van der Waals surface area contributed by atoms with Gasteiger partial charge in [-0.15, -0.1) is 0 Å². The number of amides is 2. The number of nitrogens with one attached hydrogen (secondary N) is 2. The molecule has 7 heteroatoms. The fourth-order valence-corrected chi connectivity index (χ4v) is 2.97. The minimum Gasteiger partial charge on any atom is -0.318 e. The highest BCUT2D eigenvalue weighted by Gasteiger charge is 2.13. The number of hydrogen-bond donors (Lipinski definition) is 2. The molecule has 0 saturated heterocycles. The molecular weight excluding hydrogens is 371 g/mol. The molecule has 6 nitrogen and oxygen atoms in total. The maximum Gasteiger partial charge on any atom is 0.262 e. The number of nitrogens with zero attached hydrogens (tertiary/aromatic N) is 2. The van der Waals surface area contributed by atoms with E-state index in [4.69, 9.17) is 0 Å². The van der Waals surface area contributed by atoms with Crippen molar-refractivity contribution in [2.75, 3.05) is 0 Å². The van der Waals surface area contributed by atoms with Gasteiger partial charge in [-0.05, 0) is 42.3 Å². The minimum absolute atomic E-state index is 0.0491. The summed E-state index contributed by atoms with van der Waals surface area (Å²) in [6, 6.07) is 13.5. The van der Waals surface area contributed by atoms with E-state index in [1.807, 2.05) is 28.8 Å². The van der Waals surface area contributed by atoms with E-state index in [2.05, 4.69) is 22.8 Å². The third kappa shape index (κ3) is 5.51. The molecule has 0 aliphatic heterocycles. The summed E-state index contributed by atoms with van der Waals surface area (Å²) < 4.78 is 15.0. The average molecular weight is 394 g/mol. The molecule has 0 radical (unpaired) electrons. The molecule has 29 heavy (non-hydrogen) atoms. The molecule has 1 heterocycles. The van der Waals surface area contributed by atoms with Gasteiger partial charge in [-0.25, -0.2) is 9.37 Å². The summed E-state index contributed by atoms with van der Waals surface area (Å²) in [6.07, 6.45) is 5.49. The standard InChI is InChI=1S/C22H23FN4O2/c1-2-3-11-20-24-18-9-4-5-10-19(18)27(20)15-22(29)26-25-21(28)13-12-16-7-6-8-17(23)14-16/h4-10,12-14H,2-3,11,15H2,1H3,(H,25,28)(H,26,29)/b13-12+. The van der Waals surface area contributed by atoms with Crippen LogP contribution in [0.1, 0.15) is 31.2 Å². The average Bonchev–Trinajstić information content (AvgIpc) is 3.06. The fraction of sp³-hybridized carbons (Fsp3) is 0.227. The fourth-order valence-electron chi connectivity index (χ4n) is 2.97. The van der Waals surface area contributed by atoms with Crippen LogP contribution in [0.5, 0.6) is 0 Å². The Morgan fingerprint density at radius 1 is 1.14 bits per heavy atom. The van der Waals surface area contributed by atoms with Crippen molar-refractivity contribution in [2.45, 2.75) is 32.7 Å². The molecule has 0 fully saturated rings. The second-order valence-electron chi connectivity index (χ2n) is 6.63. The van der Waals surface area contributed by atoms with E-state index in [1.165, 1.54) is 24.3 Å². The third-order valence-electron chi connectivity index (χ3n) is 4.39. The van der Waals surface area contributed by atoms with Crippen LogP contribution in [-0.2, 0) is 22.6 Å². The van der Waals surface area contributed by atoms with Gasteiger partial charge in [0.05, 0.1) is 11.0 Å². The van der Waals surface area contributed by atoms with Gasteiger partial charge in [0, 0.05) is 12.5 Å². The van der Waals surface area contributed by atoms with Gasteiger partial charge in [-0.3, -0.25) is 20.4 Å². The Kier molecular flexibility index (Phi) is 6.73. The predicted molar refractivity (Wildman–Crippen MR) is 110 cm³/mol. The summed E-state index contributed by atoms with van der Waals surface area (Å²) in [6.45, 7) is 2.15. The largest absolute Gasteiger partial charge is 0.318 e. The summed E-state index contributed by atoms with van der Waals surface area (Å²) in [5, 5.41) is 0. The van der Waals surface area contributed by atoms with Crippen LogP contribution >= 0.6 is 0 Å². The summed E-state index contributed by atoms with van der Waals surface area (Å²) in [5.41, 5.74) is 7.02. The van der Waals surface area contributed by atoms with Crippen LogP contribution in [0.25, 0.3) is 17.1 Å². The first-order valence-corrected chi connectivity index (χ1v) is 9.53. The van der Waals surface area contributed by atoms with Crippen LogP contribution in [0.15, 0.2) is 54.6 Å². The lowest BCUT2D eigenvalue weighted by Gasteiger charge is -2.10. The number of imidazole rings is 1. The van der Waals surface area contributed by atoms with Gasteiger partial charge in [0.1, 0.15) is 18.2 Å². The van der Waals surface area contributed by atoms with Crippen molar-refractivity contribution in [2.24, 2.45) is 0 Å². The molecule has 150 valence electrons. The first-order valence-electron chi connectivity index (χ1n) is 9.53. The number of benzene rings is 2. The Labute approximate surface area is 168 Å². The highest BCUT2D eigenvalue weighted by Crippen LogP contribution is 2.17. The van der Waals surface area contributed by atoms with Crippen LogP contribution in [0, 0.1) is 5.82 Å². The highest BCUT2D eigenvalue weighted by molar-refractivity contribution is 5.93. The lowest BCUT2D eigenvalue weighted by Crippen LogP contribution is -2.42. The highest BCUT2D eigenvalue weighted by atomic mass is 19.1. The normalized spacial score (nSPS) is 11.1. The summed E-state index contributed by atoms with van der Waals surface area (Å²) >= 11 is 0. The summed E-state index contributed by atoms with van der Waals surface area (Å²) in [4.78, 5) is 28.9. The van der Waals surface area contributed by atoms with Gasteiger partial charge in [-0.1, -0.05) is 37.6 Å². The SMILES string of the molecule is CCCCc1nc2ccccc2n1CC(=O)NNC(=O)/C=C/c1cccc(F)c1. The number of aryl methyl sites for hydroxylation is 1. The number of para-hydroxylation sites is 2. The molecular formula is C22H23FN4O2. The molecule has 0 unspecified atom stereocenters. The van der Waals surface area contributed by atoms with Crippen molar-refractivity contribution in [3.8, 4) is 0 Å². The Morgan fingerprint density at radius 3 is 2.76 bits per heavy atom. The monoisotopic (exact) mass is 394 g/mol. The maximum absolute atomic E-state index is 13.1. The molecule has 0 atom stereocenters. The lowest BCUT2D eigenvalue weighted by atomic mass is 10.2. The number of carbonyl (C=O) groups excluding carboxylic acids is 2. The Hall–Kier alpha value is -3.48. The van der Waals surface area contributed by atoms with Crippen LogP contribution in [0.3, 0.4) is 0 Å². The van der Waals surface area contributed by atoms with Crippen molar-refractivity contribution in [3.05, 3.63) is 71.8 Å². The number of rotatable bonds is 7. The van der Waals surface area contributed by atoms with Crippen LogP contribution in [0.4, 0.5) is 4.39 Å². The second kappa shape index (κ2) is 9.64. The Balaban J connectivity index is 1.61. The van der Waals surface area contributed by atoms with E-state index < -0.39 is 5.91 Å². The third-order valence-corrected chi connectivity index (χ3v) is 4.39. The maximum atomic E-state index is 13.1. The van der Waals surface area contributed by atoms with E-state index >= 15 is 0 Å². The Bertz CT molecular complexity index is 1040. The van der Waals surface area contributed by atoms with E-state index in [9.17, 15) is 14.0 Å².